The lowest BCUT2D eigenvalue weighted by Gasteiger charge is -2.13. The summed E-state index contributed by atoms with van der Waals surface area (Å²) in [6.07, 6.45) is 5.60. The van der Waals surface area contributed by atoms with E-state index in [4.69, 9.17) is 4.74 Å². The van der Waals surface area contributed by atoms with E-state index in [1.54, 1.807) is 24.3 Å². The summed E-state index contributed by atoms with van der Waals surface area (Å²) in [6.45, 7) is 0.140. The van der Waals surface area contributed by atoms with Crippen molar-refractivity contribution in [1.29, 1.82) is 5.26 Å². The van der Waals surface area contributed by atoms with E-state index in [0.717, 1.165) is 25.7 Å². The molecule has 2 aromatic rings. The van der Waals surface area contributed by atoms with Crippen LogP contribution in [0, 0.1) is 21.4 Å². The molecular weight excluding hydrogens is 530 g/mol. The van der Waals surface area contributed by atoms with E-state index in [1.165, 1.54) is 18.2 Å². The third kappa shape index (κ3) is 6.15. The number of benzene rings is 2. The highest BCUT2D eigenvalue weighted by Crippen LogP contribution is 2.36. The average Bonchev–Trinajstić information content (AvgIpc) is 3.24. The van der Waals surface area contributed by atoms with Crippen LogP contribution in [0.5, 0.6) is 5.75 Å². The van der Waals surface area contributed by atoms with Crippen LogP contribution in [-0.2, 0) is 11.4 Å². The lowest BCUT2D eigenvalue weighted by Crippen LogP contribution is -2.33. The number of nitrogens with one attached hydrogen (secondary N) is 1. The molecule has 1 N–H and O–H groups in total. The molecular formula is C22H19Br2N3O4. The highest BCUT2D eigenvalue weighted by Gasteiger charge is 2.19. The van der Waals surface area contributed by atoms with E-state index in [-0.39, 0.29) is 29.8 Å². The van der Waals surface area contributed by atoms with E-state index in [2.05, 4.69) is 37.2 Å². The molecule has 0 spiro atoms. The fourth-order valence-corrected chi connectivity index (χ4v) is 4.82. The number of rotatable bonds is 7. The molecule has 7 nitrogen and oxygen atoms in total. The number of non-ortho nitro benzene ring substituents is 1. The number of carbonyl (C=O) groups is 1. The van der Waals surface area contributed by atoms with Crippen LogP contribution in [0.3, 0.4) is 0 Å². The van der Waals surface area contributed by atoms with Crippen LogP contribution in [0.2, 0.25) is 0 Å². The Bertz CT molecular complexity index is 1050. The van der Waals surface area contributed by atoms with Crippen molar-refractivity contribution in [2.75, 3.05) is 0 Å². The summed E-state index contributed by atoms with van der Waals surface area (Å²) in [6, 6.07) is 11.8. The molecule has 1 fully saturated rings. The van der Waals surface area contributed by atoms with Crippen molar-refractivity contribution in [2.24, 2.45) is 0 Å². The van der Waals surface area contributed by atoms with Gasteiger partial charge < -0.3 is 10.1 Å². The molecule has 2 aromatic carbocycles. The van der Waals surface area contributed by atoms with Gasteiger partial charge in [-0.15, -0.1) is 0 Å². The summed E-state index contributed by atoms with van der Waals surface area (Å²) in [7, 11) is 0. The molecule has 1 aliphatic rings. The smallest absolute Gasteiger partial charge is 0.269 e. The quantitative estimate of drug-likeness (QED) is 0.208. The Morgan fingerprint density at radius 2 is 1.94 bits per heavy atom. The maximum Gasteiger partial charge on any atom is 0.269 e. The first-order chi connectivity index (χ1) is 14.9. The molecule has 0 aliphatic heterocycles. The number of hydrogen-bond acceptors (Lipinski definition) is 5. The van der Waals surface area contributed by atoms with Crippen LogP contribution in [0.15, 0.2) is 50.9 Å². The van der Waals surface area contributed by atoms with Gasteiger partial charge >= 0.3 is 0 Å². The Morgan fingerprint density at radius 1 is 1.26 bits per heavy atom. The lowest BCUT2D eigenvalue weighted by atomic mass is 10.1. The number of hydrogen-bond donors (Lipinski definition) is 1. The zero-order valence-corrected chi connectivity index (χ0v) is 19.6. The second-order valence-electron chi connectivity index (χ2n) is 7.15. The number of nitro groups is 1. The van der Waals surface area contributed by atoms with Gasteiger partial charge in [-0.25, -0.2) is 0 Å². The molecule has 0 heterocycles. The molecule has 160 valence electrons. The predicted octanol–water partition coefficient (Wildman–Crippen LogP) is 5.66. The number of ether oxygens (including phenoxy) is 1. The van der Waals surface area contributed by atoms with Crippen molar-refractivity contribution in [3.8, 4) is 11.8 Å². The van der Waals surface area contributed by atoms with Crippen molar-refractivity contribution in [2.45, 2.75) is 38.3 Å². The van der Waals surface area contributed by atoms with Gasteiger partial charge in [-0.2, -0.15) is 5.26 Å². The molecule has 0 saturated heterocycles. The molecule has 0 atom stereocenters. The number of nitriles is 1. The normalized spacial score (nSPS) is 14.2. The maximum absolute atomic E-state index is 12.4. The molecule has 3 rings (SSSR count). The standard InChI is InChI=1S/C22H19Br2N3O4/c23-19-10-15(8-16(12-25)22(28)26-17-5-1-2-6-17)11-20(24)21(19)31-13-14-4-3-7-18(9-14)27(29)30/h3-4,7-11,17H,1-2,5-6,13H2,(H,26,28)/b16-8-. The first kappa shape index (κ1) is 23.0. The molecule has 0 aromatic heterocycles. The predicted molar refractivity (Wildman–Crippen MR) is 123 cm³/mol. The second-order valence-corrected chi connectivity index (χ2v) is 8.86. The van der Waals surface area contributed by atoms with E-state index >= 15 is 0 Å². The first-order valence-electron chi connectivity index (χ1n) is 9.65. The van der Waals surface area contributed by atoms with Crippen molar-refractivity contribution in [3.63, 3.8) is 0 Å². The topological polar surface area (TPSA) is 105 Å². The Hall–Kier alpha value is -2.70. The SMILES string of the molecule is N#C/C(=C/c1cc(Br)c(OCc2cccc([N+](=O)[O-])c2)c(Br)c1)C(=O)NC1CCCC1. The van der Waals surface area contributed by atoms with Crippen LogP contribution in [0.4, 0.5) is 5.69 Å². The molecule has 0 radical (unpaired) electrons. The largest absolute Gasteiger partial charge is 0.487 e. The zero-order valence-electron chi connectivity index (χ0n) is 16.4. The van der Waals surface area contributed by atoms with E-state index in [9.17, 15) is 20.2 Å². The van der Waals surface area contributed by atoms with E-state index in [0.29, 0.717) is 25.8 Å². The summed E-state index contributed by atoms with van der Waals surface area (Å²) >= 11 is 6.91. The molecule has 1 amide bonds. The summed E-state index contributed by atoms with van der Waals surface area (Å²) in [5.41, 5.74) is 1.35. The summed E-state index contributed by atoms with van der Waals surface area (Å²) in [5, 5.41) is 23.3. The average molecular weight is 549 g/mol. The van der Waals surface area contributed by atoms with Gasteiger partial charge in [0.05, 0.1) is 13.9 Å². The van der Waals surface area contributed by atoms with Gasteiger partial charge in [0.1, 0.15) is 24.0 Å². The third-order valence-corrected chi connectivity index (χ3v) is 6.07. The van der Waals surface area contributed by atoms with Crippen LogP contribution in [0.25, 0.3) is 6.08 Å². The van der Waals surface area contributed by atoms with Crippen LogP contribution in [0.1, 0.15) is 36.8 Å². The Labute approximate surface area is 196 Å². The summed E-state index contributed by atoms with van der Waals surface area (Å²) < 4.78 is 7.06. The monoisotopic (exact) mass is 547 g/mol. The van der Waals surface area contributed by atoms with Gasteiger partial charge in [0.25, 0.3) is 11.6 Å². The molecule has 1 saturated carbocycles. The first-order valence-corrected chi connectivity index (χ1v) is 11.2. The fraction of sp³-hybridized carbons (Fsp3) is 0.273. The van der Waals surface area contributed by atoms with Gasteiger partial charge in [-0.05, 0) is 74.0 Å². The minimum absolute atomic E-state index is 0.000343. The van der Waals surface area contributed by atoms with Crippen LogP contribution >= 0.6 is 31.9 Å². The van der Waals surface area contributed by atoms with Gasteiger partial charge in [-0.1, -0.05) is 25.0 Å². The summed E-state index contributed by atoms with van der Waals surface area (Å²) in [5.74, 6) is 0.144. The number of halogens is 2. The van der Waals surface area contributed by atoms with Gasteiger partial charge in [0.15, 0.2) is 0 Å². The molecule has 0 bridgehead atoms. The molecule has 0 unspecified atom stereocenters. The van der Waals surface area contributed by atoms with Gasteiger partial charge in [0.2, 0.25) is 0 Å². The summed E-state index contributed by atoms with van der Waals surface area (Å²) in [4.78, 5) is 22.9. The third-order valence-electron chi connectivity index (χ3n) is 4.89. The minimum Gasteiger partial charge on any atom is -0.487 e. The maximum atomic E-state index is 12.4. The lowest BCUT2D eigenvalue weighted by molar-refractivity contribution is -0.384. The second kappa shape index (κ2) is 10.6. The number of carbonyl (C=O) groups excluding carboxylic acids is 1. The number of nitro benzene ring substituents is 1. The van der Waals surface area contributed by atoms with Crippen molar-refractivity contribution in [1.82, 2.24) is 5.32 Å². The van der Waals surface area contributed by atoms with Gasteiger partial charge in [0, 0.05) is 18.2 Å². The highest BCUT2D eigenvalue weighted by atomic mass is 79.9. The minimum atomic E-state index is -0.452. The Kier molecular flexibility index (Phi) is 7.82. The van der Waals surface area contributed by atoms with E-state index in [1.807, 2.05) is 6.07 Å². The Balaban J connectivity index is 1.74. The molecule has 1 aliphatic carbocycles. The van der Waals surface area contributed by atoms with Crippen molar-refractivity contribution < 1.29 is 14.5 Å². The van der Waals surface area contributed by atoms with Crippen LogP contribution in [-0.4, -0.2) is 16.9 Å². The van der Waals surface area contributed by atoms with Crippen molar-refractivity contribution >= 4 is 49.5 Å². The molecule has 9 heteroatoms. The fourth-order valence-electron chi connectivity index (χ4n) is 3.36. The number of nitrogens with zero attached hydrogens (tertiary/aromatic N) is 2. The van der Waals surface area contributed by atoms with E-state index < -0.39 is 4.92 Å². The Morgan fingerprint density at radius 3 is 2.55 bits per heavy atom. The van der Waals surface area contributed by atoms with Crippen LogP contribution < -0.4 is 10.1 Å². The van der Waals surface area contributed by atoms with Crippen molar-refractivity contribution in [3.05, 3.63) is 72.2 Å². The van der Waals surface area contributed by atoms with Gasteiger partial charge in [-0.3, -0.25) is 14.9 Å². The molecule has 31 heavy (non-hydrogen) atoms. The highest BCUT2D eigenvalue weighted by molar-refractivity contribution is 9.11. The zero-order chi connectivity index (χ0) is 22.4. The number of amides is 1.